The molecule has 3 aromatic carbocycles. The predicted octanol–water partition coefficient (Wildman–Crippen LogP) is 2.92. The van der Waals surface area contributed by atoms with E-state index in [1.54, 1.807) is 48.5 Å². The van der Waals surface area contributed by atoms with Crippen LogP contribution in [0.25, 0.3) is 0 Å². The van der Waals surface area contributed by atoms with E-state index in [1.165, 1.54) is 36.5 Å². The summed E-state index contributed by atoms with van der Waals surface area (Å²) in [6.07, 6.45) is 1.26. The second-order valence-electron chi connectivity index (χ2n) is 5.60. The second-order valence-corrected chi connectivity index (χ2v) is 7.15. The molecule has 3 rings (SSSR count). The summed E-state index contributed by atoms with van der Waals surface area (Å²) in [5.74, 6) is -0.718. The first-order valence-corrected chi connectivity index (χ1v) is 9.58. The lowest BCUT2D eigenvalue weighted by Crippen LogP contribution is -2.17. The smallest absolute Gasteiger partial charge is 0.339 e. The van der Waals surface area contributed by atoms with Gasteiger partial charge in [-0.3, -0.25) is 4.79 Å². The third-order valence-corrected chi connectivity index (χ3v) is 4.92. The van der Waals surface area contributed by atoms with E-state index in [0.717, 1.165) is 0 Å². The molecule has 0 aliphatic heterocycles. The molecule has 28 heavy (non-hydrogen) atoms. The molecular formula is C20H16N2O5S. The number of amides is 1. The highest BCUT2D eigenvalue weighted by molar-refractivity contribution is 7.87. The van der Waals surface area contributed by atoms with E-state index in [2.05, 4.69) is 10.5 Å². The number of hydrogen-bond acceptors (Lipinski definition) is 6. The molecule has 0 aromatic heterocycles. The first kappa shape index (κ1) is 19.1. The minimum absolute atomic E-state index is 0.0228. The molecule has 0 bridgehead atoms. The topological polar surface area (TPSA) is 105 Å². The van der Waals surface area contributed by atoms with E-state index in [4.69, 9.17) is 4.18 Å². The van der Waals surface area contributed by atoms with Crippen LogP contribution in [0.5, 0.6) is 11.5 Å². The Morgan fingerprint density at radius 3 is 2.32 bits per heavy atom. The summed E-state index contributed by atoms with van der Waals surface area (Å²) in [6.45, 7) is 0. The van der Waals surface area contributed by atoms with Crippen LogP contribution in [0.1, 0.15) is 15.9 Å². The number of phenolic OH excluding ortho intramolecular Hbond substituents is 1. The summed E-state index contributed by atoms with van der Waals surface area (Å²) in [7, 11) is -4.01. The molecule has 0 radical (unpaired) electrons. The highest BCUT2D eigenvalue weighted by atomic mass is 32.2. The molecule has 142 valence electrons. The number of hydrogen-bond donors (Lipinski definition) is 2. The number of hydrazone groups is 1. The molecule has 3 aromatic rings. The summed E-state index contributed by atoms with van der Waals surface area (Å²) >= 11 is 0. The fourth-order valence-electron chi connectivity index (χ4n) is 2.30. The van der Waals surface area contributed by atoms with Crippen LogP contribution in [0.4, 0.5) is 0 Å². The average Bonchev–Trinajstić information content (AvgIpc) is 2.70. The number of carbonyl (C=O) groups is 1. The maximum Gasteiger partial charge on any atom is 0.339 e. The highest BCUT2D eigenvalue weighted by Crippen LogP contribution is 2.22. The maximum atomic E-state index is 12.4. The molecule has 1 amide bonds. The SMILES string of the molecule is O=C(N/N=C/c1ccccc1OS(=O)(=O)c1ccccc1)c1ccccc1O. The summed E-state index contributed by atoms with van der Waals surface area (Å²) in [5, 5.41) is 13.5. The molecule has 0 unspecified atom stereocenters. The van der Waals surface area contributed by atoms with Crippen molar-refractivity contribution in [1.29, 1.82) is 0 Å². The predicted molar refractivity (Wildman–Crippen MR) is 104 cm³/mol. The number of nitrogens with zero attached hydrogens (tertiary/aromatic N) is 1. The van der Waals surface area contributed by atoms with Gasteiger partial charge in [0, 0.05) is 5.56 Å². The molecule has 0 spiro atoms. The number of benzene rings is 3. The molecule has 0 heterocycles. The van der Waals surface area contributed by atoms with Crippen LogP contribution in [0.2, 0.25) is 0 Å². The quantitative estimate of drug-likeness (QED) is 0.379. The van der Waals surface area contributed by atoms with Crippen LogP contribution in [-0.4, -0.2) is 25.6 Å². The normalized spacial score (nSPS) is 11.3. The Hall–Kier alpha value is -3.65. The number of carbonyl (C=O) groups excluding carboxylic acids is 1. The zero-order valence-electron chi connectivity index (χ0n) is 14.5. The Bertz CT molecular complexity index is 1110. The van der Waals surface area contributed by atoms with E-state index in [1.807, 2.05) is 0 Å². The Kier molecular flexibility index (Phi) is 5.71. The van der Waals surface area contributed by atoms with Gasteiger partial charge in [-0.05, 0) is 36.4 Å². The van der Waals surface area contributed by atoms with Gasteiger partial charge in [0.15, 0.2) is 5.75 Å². The van der Waals surface area contributed by atoms with Gasteiger partial charge in [-0.1, -0.05) is 42.5 Å². The van der Waals surface area contributed by atoms with E-state index in [0.29, 0.717) is 5.56 Å². The fraction of sp³-hybridized carbons (Fsp3) is 0. The second kappa shape index (κ2) is 8.36. The molecule has 0 fully saturated rings. The van der Waals surface area contributed by atoms with E-state index >= 15 is 0 Å². The third-order valence-electron chi connectivity index (χ3n) is 3.67. The van der Waals surface area contributed by atoms with Crippen molar-refractivity contribution < 1.29 is 22.5 Å². The Labute approximate surface area is 162 Å². The lowest BCUT2D eigenvalue weighted by molar-refractivity contribution is 0.0952. The molecule has 8 heteroatoms. The third kappa shape index (κ3) is 4.54. The molecule has 0 aliphatic rings. The van der Waals surface area contributed by atoms with Gasteiger partial charge in [-0.25, -0.2) is 5.43 Å². The van der Waals surface area contributed by atoms with Crippen molar-refractivity contribution in [3.63, 3.8) is 0 Å². The van der Waals surface area contributed by atoms with Gasteiger partial charge >= 0.3 is 10.1 Å². The molecule has 7 nitrogen and oxygen atoms in total. The summed E-state index contributed by atoms with van der Waals surface area (Å²) in [5.41, 5.74) is 2.69. The van der Waals surface area contributed by atoms with Gasteiger partial charge in [0.1, 0.15) is 10.6 Å². The van der Waals surface area contributed by atoms with Crippen molar-refractivity contribution in [2.75, 3.05) is 0 Å². The van der Waals surface area contributed by atoms with Gasteiger partial charge in [-0.2, -0.15) is 13.5 Å². The van der Waals surface area contributed by atoms with Crippen molar-refractivity contribution in [2.24, 2.45) is 5.10 Å². The number of aromatic hydroxyl groups is 1. The van der Waals surface area contributed by atoms with Gasteiger partial charge in [0.2, 0.25) is 0 Å². The van der Waals surface area contributed by atoms with E-state index in [-0.39, 0.29) is 22.0 Å². The maximum absolute atomic E-state index is 12.4. The fourth-order valence-corrected chi connectivity index (χ4v) is 3.28. The van der Waals surface area contributed by atoms with Gasteiger partial charge in [-0.15, -0.1) is 0 Å². The van der Waals surface area contributed by atoms with Crippen molar-refractivity contribution in [1.82, 2.24) is 5.43 Å². The van der Waals surface area contributed by atoms with E-state index in [9.17, 15) is 18.3 Å². The van der Waals surface area contributed by atoms with Crippen LogP contribution in [0.3, 0.4) is 0 Å². The summed E-state index contributed by atoms with van der Waals surface area (Å²) < 4.78 is 30.0. The number of rotatable bonds is 6. The summed E-state index contributed by atoms with van der Waals surface area (Å²) in [6, 6.07) is 20.1. The Morgan fingerprint density at radius 1 is 0.929 bits per heavy atom. The molecule has 0 aliphatic carbocycles. The monoisotopic (exact) mass is 396 g/mol. The average molecular weight is 396 g/mol. The van der Waals surface area contributed by atoms with Crippen molar-refractivity contribution in [3.8, 4) is 11.5 Å². The first-order valence-electron chi connectivity index (χ1n) is 8.17. The molecule has 0 atom stereocenters. The zero-order chi connectivity index (χ0) is 20.0. The van der Waals surface area contributed by atoms with Crippen LogP contribution < -0.4 is 9.61 Å². The number of nitrogens with one attached hydrogen (secondary N) is 1. The van der Waals surface area contributed by atoms with Gasteiger partial charge in [0.25, 0.3) is 5.91 Å². The highest BCUT2D eigenvalue weighted by Gasteiger charge is 2.17. The van der Waals surface area contributed by atoms with E-state index < -0.39 is 16.0 Å². The summed E-state index contributed by atoms with van der Waals surface area (Å²) in [4.78, 5) is 12.1. The van der Waals surface area contributed by atoms with Crippen molar-refractivity contribution in [2.45, 2.75) is 4.90 Å². The zero-order valence-corrected chi connectivity index (χ0v) is 15.3. The van der Waals surface area contributed by atoms with Crippen LogP contribution in [-0.2, 0) is 10.1 Å². The van der Waals surface area contributed by atoms with Crippen LogP contribution in [0, 0.1) is 0 Å². The minimum atomic E-state index is -4.01. The lowest BCUT2D eigenvalue weighted by atomic mass is 10.2. The Morgan fingerprint density at radius 2 is 1.57 bits per heavy atom. The number of para-hydroxylation sites is 2. The molecule has 0 saturated heterocycles. The standard InChI is InChI=1S/C20H16N2O5S/c23-18-12-6-5-11-17(18)20(24)22-21-14-15-8-4-7-13-19(15)27-28(25,26)16-9-2-1-3-10-16/h1-14,23H,(H,22,24)/b21-14+. The molecule has 2 N–H and O–H groups in total. The minimum Gasteiger partial charge on any atom is -0.507 e. The first-order chi connectivity index (χ1) is 13.5. The molecular weight excluding hydrogens is 380 g/mol. The van der Waals surface area contributed by atoms with Crippen molar-refractivity contribution in [3.05, 3.63) is 90.0 Å². The Balaban J connectivity index is 1.76. The van der Waals surface area contributed by atoms with Crippen molar-refractivity contribution >= 4 is 22.2 Å². The van der Waals surface area contributed by atoms with Crippen LogP contribution in [0.15, 0.2) is 88.9 Å². The van der Waals surface area contributed by atoms with Crippen LogP contribution >= 0.6 is 0 Å². The lowest BCUT2D eigenvalue weighted by Gasteiger charge is -2.09. The van der Waals surface area contributed by atoms with Gasteiger partial charge in [0.05, 0.1) is 11.8 Å². The number of phenols is 1. The molecule has 0 saturated carbocycles. The largest absolute Gasteiger partial charge is 0.507 e. The van der Waals surface area contributed by atoms with Gasteiger partial charge < -0.3 is 9.29 Å².